The molecule has 0 spiro atoms. The molecule has 0 unspecified atom stereocenters. The standard InChI is InChI=1S/C18H21NO.ClH/c1-15(14-16-8-4-2-5-9-16)19-13-12-18(20)17-10-6-3-7-11-17;/h2-11,15,19H,12-14H2,1H3;1H/t15-;/m1./s1. The van der Waals surface area contributed by atoms with Gasteiger partial charge in [0.2, 0.25) is 0 Å². The summed E-state index contributed by atoms with van der Waals surface area (Å²) < 4.78 is 0. The van der Waals surface area contributed by atoms with E-state index in [-0.39, 0.29) is 18.2 Å². The van der Waals surface area contributed by atoms with Crippen molar-refractivity contribution in [1.29, 1.82) is 0 Å². The van der Waals surface area contributed by atoms with Crippen LogP contribution in [0.25, 0.3) is 0 Å². The van der Waals surface area contributed by atoms with Crippen molar-refractivity contribution in [3.8, 4) is 0 Å². The van der Waals surface area contributed by atoms with E-state index in [0.29, 0.717) is 12.5 Å². The van der Waals surface area contributed by atoms with Crippen molar-refractivity contribution in [2.24, 2.45) is 0 Å². The van der Waals surface area contributed by atoms with Gasteiger partial charge in [-0.2, -0.15) is 0 Å². The third-order valence-corrected chi connectivity index (χ3v) is 3.33. The van der Waals surface area contributed by atoms with Crippen LogP contribution in [0.3, 0.4) is 0 Å². The van der Waals surface area contributed by atoms with Crippen molar-refractivity contribution in [2.45, 2.75) is 25.8 Å². The van der Waals surface area contributed by atoms with E-state index in [1.807, 2.05) is 36.4 Å². The number of halogens is 1. The van der Waals surface area contributed by atoms with Crippen LogP contribution in [0.15, 0.2) is 60.7 Å². The molecule has 2 nitrogen and oxygen atoms in total. The minimum absolute atomic E-state index is 0. The van der Waals surface area contributed by atoms with Crippen molar-refractivity contribution in [3.63, 3.8) is 0 Å². The lowest BCUT2D eigenvalue weighted by Crippen LogP contribution is -2.30. The van der Waals surface area contributed by atoms with Crippen LogP contribution in [-0.2, 0) is 6.42 Å². The number of hydrogen-bond donors (Lipinski definition) is 1. The summed E-state index contributed by atoms with van der Waals surface area (Å²) in [4.78, 5) is 11.9. The van der Waals surface area contributed by atoms with E-state index in [0.717, 1.165) is 18.5 Å². The number of hydrogen-bond acceptors (Lipinski definition) is 2. The van der Waals surface area contributed by atoms with E-state index in [1.54, 1.807) is 0 Å². The normalized spacial score (nSPS) is 11.5. The number of benzene rings is 2. The summed E-state index contributed by atoms with van der Waals surface area (Å²) in [5.41, 5.74) is 2.12. The Morgan fingerprint density at radius 3 is 2.19 bits per heavy atom. The van der Waals surface area contributed by atoms with Gasteiger partial charge in [-0.25, -0.2) is 0 Å². The highest BCUT2D eigenvalue weighted by Crippen LogP contribution is 2.04. The van der Waals surface area contributed by atoms with Gasteiger partial charge in [0.25, 0.3) is 0 Å². The number of rotatable bonds is 7. The third kappa shape index (κ3) is 6.11. The fraction of sp³-hybridized carbons (Fsp3) is 0.278. The Morgan fingerprint density at radius 2 is 1.57 bits per heavy atom. The average Bonchev–Trinajstić information content (AvgIpc) is 2.49. The summed E-state index contributed by atoms with van der Waals surface area (Å²) in [7, 11) is 0. The predicted octanol–water partition coefficient (Wildman–Crippen LogP) is 3.90. The van der Waals surface area contributed by atoms with Crippen molar-refractivity contribution in [2.75, 3.05) is 6.54 Å². The summed E-state index contributed by atoms with van der Waals surface area (Å²) in [5, 5.41) is 3.41. The first-order valence-electron chi connectivity index (χ1n) is 7.11. The van der Waals surface area contributed by atoms with Gasteiger partial charge >= 0.3 is 0 Å². The number of carbonyl (C=O) groups excluding carboxylic acids is 1. The molecule has 0 amide bonds. The molecule has 3 heteroatoms. The molecule has 1 N–H and O–H groups in total. The van der Waals surface area contributed by atoms with Gasteiger partial charge in [0.05, 0.1) is 0 Å². The lowest BCUT2D eigenvalue weighted by Gasteiger charge is -2.13. The summed E-state index contributed by atoms with van der Waals surface area (Å²) in [5.74, 6) is 0.199. The van der Waals surface area contributed by atoms with Crippen LogP contribution < -0.4 is 5.32 Å². The summed E-state index contributed by atoms with van der Waals surface area (Å²) in [6, 6.07) is 20.3. The number of Topliss-reactive ketones (excluding diaryl/α,β-unsaturated/α-hetero) is 1. The number of carbonyl (C=O) groups is 1. The minimum atomic E-state index is 0. The van der Waals surface area contributed by atoms with Gasteiger partial charge in [0.15, 0.2) is 5.78 Å². The molecule has 0 aliphatic rings. The van der Waals surface area contributed by atoms with Gasteiger partial charge in [-0.1, -0.05) is 60.7 Å². The van der Waals surface area contributed by atoms with Crippen LogP contribution in [0.2, 0.25) is 0 Å². The SMILES string of the molecule is C[C@H](Cc1ccccc1)NCCC(=O)c1ccccc1.Cl. The molecule has 112 valence electrons. The second-order valence-corrected chi connectivity index (χ2v) is 5.08. The maximum atomic E-state index is 11.9. The van der Waals surface area contributed by atoms with Crippen LogP contribution in [0.5, 0.6) is 0 Å². The summed E-state index contributed by atoms with van der Waals surface area (Å²) >= 11 is 0. The molecular formula is C18H22ClNO. The van der Waals surface area contributed by atoms with E-state index >= 15 is 0 Å². The zero-order valence-electron chi connectivity index (χ0n) is 12.3. The van der Waals surface area contributed by atoms with Gasteiger partial charge in [-0.3, -0.25) is 4.79 Å². The Bertz CT molecular complexity index is 527. The van der Waals surface area contributed by atoms with Crippen LogP contribution in [-0.4, -0.2) is 18.4 Å². The summed E-state index contributed by atoms with van der Waals surface area (Å²) in [6.45, 7) is 2.88. The molecule has 0 radical (unpaired) electrons. The molecule has 2 aromatic rings. The highest BCUT2D eigenvalue weighted by atomic mass is 35.5. The second-order valence-electron chi connectivity index (χ2n) is 5.08. The quantitative estimate of drug-likeness (QED) is 0.786. The molecule has 0 aromatic heterocycles. The van der Waals surface area contributed by atoms with Crippen molar-refractivity contribution in [1.82, 2.24) is 5.32 Å². The molecule has 21 heavy (non-hydrogen) atoms. The molecule has 0 bridgehead atoms. The van der Waals surface area contributed by atoms with Crippen LogP contribution in [0.4, 0.5) is 0 Å². The van der Waals surface area contributed by atoms with Crippen molar-refractivity contribution >= 4 is 18.2 Å². The van der Waals surface area contributed by atoms with Crippen LogP contribution in [0, 0.1) is 0 Å². The Labute approximate surface area is 133 Å². The average molecular weight is 304 g/mol. The van der Waals surface area contributed by atoms with E-state index in [9.17, 15) is 4.79 Å². The highest BCUT2D eigenvalue weighted by Gasteiger charge is 2.06. The number of nitrogens with one attached hydrogen (secondary N) is 1. The molecular weight excluding hydrogens is 282 g/mol. The van der Waals surface area contributed by atoms with Gasteiger partial charge in [-0.05, 0) is 18.9 Å². The largest absolute Gasteiger partial charge is 0.313 e. The molecule has 0 fully saturated rings. The molecule has 0 saturated carbocycles. The van der Waals surface area contributed by atoms with Gasteiger partial charge in [-0.15, -0.1) is 12.4 Å². The van der Waals surface area contributed by atoms with Crippen molar-refractivity contribution < 1.29 is 4.79 Å². The molecule has 1 atom stereocenters. The fourth-order valence-corrected chi connectivity index (χ4v) is 2.24. The van der Waals surface area contributed by atoms with E-state index in [4.69, 9.17) is 0 Å². The fourth-order valence-electron chi connectivity index (χ4n) is 2.24. The van der Waals surface area contributed by atoms with Gasteiger partial charge in [0.1, 0.15) is 0 Å². The first-order chi connectivity index (χ1) is 9.75. The maximum absolute atomic E-state index is 11.9. The summed E-state index contributed by atoms with van der Waals surface area (Å²) in [6.07, 6.45) is 1.53. The lowest BCUT2D eigenvalue weighted by atomic mass is 10.1. The minimum Gasteiger partial charge on any atom is -0.313 e. The molecule has 0 aliphatic heterocycles. The van der Waals surface area contributed by atoms with E-state index in [1.165, 1.54) is 5.56 Å². The van der Waals surface area contributed by atoms with Crippen LogP contribution >= 0.6 is 12.4 Å². The zero-order valence-corrected chi connectivity index (χ0v) is 13.1. The van der Waals surface area contributed by atoms with Crippen LogP contribution in [0.1, 0.15) is 29.3 Å². The third-order valence-electron chi connectivity index (χ3n) is 3.33. The highest BCUT2D eigenvalue weighted by molar-refractivity contribution is 5.96. The lowest BCUT2D eigenvalue weighted by molar-refractivity contribution is 0.0982. The molecule has 0 aliphatic carbocycles. The molecule has 2 aromatic carbocycles. The first-order valence-corrected chi connectivity index (χ1v) is 7.11. The van der Waals surface area contributed by atoms with Gasteiger partial charge < -0.3 is 5.32 Å². The smallest absolute Gasteiger partial charge is 0.164 e. The Hall–Kier alpha value is -1.64. The monoisotopic (exact) mass is 303 g/mol. The molecule has 0 saturated heterocycles. The predicted molar refractivity (Wildman–Crippen MR) is 90.2 cm³/mol. The second kappa shape index (κ2) is 9.32. The first kappa shape index (κ1) is 17.4. The zero-order chi connectivity index (χ0) is 14.2. The Kier molecular flexibility index (Phi) is 7.73. The Balaban J connectivity index is 0.00000220. The molecule has 2 rings (SSSR count). The topological polar surface area (TPSA) is 29.1 Å². The maximum Gasteiger partial charge on any atom is 0.164 e. The van der Waals surface area contributed by atoms with Crippen molar-refractivity contribution in [3.05, 3.63) is 71.8 Å². The van der Waals surface area contributed by atoms with E-state index < -0.39 is 0 Å². The molecule has 0 heterocycles. The number of ketones is 1. The van der Waals surface area contributed by atoms with Gasteiger partial charge in [0, 0.05) is 24.6 Å². The van der Waals surface area contributed by atoms with E-state index in [2.05, 4.69) is 36.5 Å². The Morgan fingerprint density at radius 1 is 1.00 bits per heavy atom.